The Morgan fingerprint density at radius 3 is 2.57 bits per heavy atom. The van der Waals surface area contributed by atoms with Gasteiger partial charge >= 0.3 is 11.9 Å². The minimum Gasteiger partial charge on any atom is -0.468 e. The molecular weight excluding hydrogens is 317 g/mol. The molecular formula is C14H13Cl2NO4. The molecule has 0 aliphatic rings. The molecule has 21 heavy (non-hydrogen) atoms. The lowest BCUT2D eigenvalue weighted by molar-refractivity contribution is -0.141. The molecule has 0 saturated heterocycles. The third kappa shape index (κ3) is 3.14. The SMILES string of the molecule is CCOC(=O)c1cc2c(Cl)cc(Cl)cc2n1CC(=O)OC. The van der Waals surface area contributed by atoms with Crippen LogP contribution in [0.25, 0.3) is 10.9 Å². The van der Waals surface area contributed by atoms with Gasteiger partial charge < -0.3 is 14.0 Å². The van der Waals surface area contributed by atoms with Gasteiger partial charge in [-0.05, 0) is 25.1 Å². The molecule has 0 radical (unpaired) electrons. The molecule has 0 fully saturated rings. The van der Waals surface area contributed by atoms with Crippen LogP contribution >= 0.6 is 23.2 Å². The van der Waals surface area contributed by atoms with Gasteiger partial charge in [0.1, 0.15) is 12.2 Å². The first-order valence-electron chi connectivity index (χ1n) is 6.20. The molecule has 0 aliphatic carbocycles. The second-order valence-corrected chi connectivity index (χ2v) is 5.08. The lowest BCUT2D eigenvalue weighted by Gasteiger charge is -2.09. The fourth-order valence-corrected chi connectivity index (χ4v) is 2.56. The van der Waals surface area contributed by atoms with E-state index in [4.69, 9.17) is 27.9 Å². The number of fused-ring (bicyclic) bond motifs is 1. The van der Waals surface area contributed by atoms with Gasteiger partial charge in [0, 0.05) is 10.4 Å². The molecule has 0 amide bonds. The molecule has 7 heteroatoms. The fraction of sp³-hybridized carbons (Fsp3) is 0.286. The summed E-state index contributed by atoms with van der Waals surface area (Å²) in [5, 5.41) is 1.42. The van der Waals surface area contributed by atoms with Crippen molar-refractivity contribution in [3.63, 3.8) is 0 Å². The molecule has 1 heterocycles. The van der Waals surface area contributed by atoms with Crippen LogP contribution in [0, 0.1) is 0 Å². The highest BCUT2D eigenvalue weighted by Crippen LogP contribution is 2.31. The fourth-order valence-electron chi connectivity index (χ4n) is 2.02. The Balaban J connectivity index is 2.65. The summed E-state index contributed by atoms with van der Waals surface area (Å²) in [5.74, 6) is -1.03. The highest BCUT2D eigenvalue weighted by molar-refractivity contribution is 6.38. The van der Waals surface area contributed by atoms with Gasteiger partial charge in [-0.2, -0.15) is 0 Å². The maximum Gasteiger partial charge on any atom is 0.354 e. The van der Waals surface area contributed by atoms with Crippen LogP contribution in [0.1, 0.15) is 17.4 Å². The lowest BCUT2D eigenvalue weighted by atomic mass is 10.2. The number of hydrogen-bond acceptors (Lipinski definition) is 4. The summed E-state index contributed by atoms with van der Waals surface area (Å²) in [6, 6.07) is 4.78. The Bertz CT molecular complexity index is 709. The van der Waals surface area contributed by atoms with Gasteiger partial charge in [0.05, 0.1) is 24.3 Å². The third-order valence-electron chi connectivity index (χ3n) is 2.93. The van der Waals surface area contributed by atoms with E-state index in [2.05, 4.69) is 4.74 Å². The summed E-state index contributed by atoms with van der Waals surface area (Å²) in [5.41, 5.74) is 0.794. The molecule has 1 aromatic carbocycles. The van der Waals surface area contributed by atoms with Crippen molar-refractivity contribution in [3.05, 3.63) is 33.9 Å². The number of nitrogens with zero attached hydrogens (tertiary/aromatic N) is 1. The zero-order valence-corrected chi connectivity index (χ0v) is 13.0. The number of benzene rings is 1. The van der Waals surface area contributed by atoms with Crippen LogP contribution in [0.2, 0.25) is 10.0 Å². The summed E-state index contributed by atoms with van der Waals surface area (Å²) < 4.78 is 11.1. The first-order valence-corrected chi connectivity index (χ1v) is 6.95. The number of halogens is 2. The van der Waals surface area contributed by atoms with Crippen LogP contribution in [-0.2, 0) is 20.8 Å². The molecule has 0 N–H and O–H groups in total. The van der Waals surface area contributed by atoms with Crippen LogP contribution in [0.15, 0.2) is 18.2 Å². The van der Waals surface area contributed by atoms with Gasteiger partial charge in [-0.3, -0.25) is 4.79 Å². The molecule has 2 aromatic rings. The van der Waals surface area contributed by atoms with Crippen LogP contribution in [-0.4, -0.2) is 30.2 Å². The number of carbonyl (C=O) groups excluding carboxylic acids is 2. The predicted molar refractivity (Wildman–Crippen MR) is 79.9 cm³/mol. The van der Waals surface area contributed by atoms with Crippen molar-refractivity contribution in [1.29, 1.82) is 0 Å². The maximum atomic E-state index is 12.0. The van der Waals surface area contributed by atoms with Crippen molar-refractivity contribution in [3.8, 4) is 0 Å². The molecule has 2 rings (SSSR count). The second kappa shape index (κ2) is 6.37. The predicted octanol–water partition coefficient (Wildman–Crippen LogP) is 3.30. The number of carbonyl (C=O) groups is 2. The Hall–Kier alpha value is -1.72. The zero-order valence-electron chi connectivity index (χ0n) is 11.5. The molecule has 1 aromatic heterocycles. The quantitative estimate of drug-likeness (QED) is 0.807. The van der Waals surface area contributed by atoms with Gasteiger partial charge in [-0.15, -0.1) is 0 Å². The smallest absolute Gasteiger partial charge is 0.354 e. The molecule has 0 unspecified atom stereocenters. The monoisotopic (exact) mass is 329 g/mol. The van der Waals surface area contributed by atoms with Crippen molar-refractivity contribution in [2.24, 2.45) is 0 Å². The van der Waals surface area contributed by atoms with E-state index < -0.39 is 11.9 Å². The number of hydrogen-bond donors (Lipinski definition) is 0. The highest BCUT2D eigenvalue weighted by Gasteiger charge is 2.20. The number of aromatic nitrogens is 1. The van der Waals surface area contributed by atoms with E-state index in [0.717, 1.165) is 0 Å². The van der Waals surface area contributed by atoms with Crippen molar-refractivity contribution in [2.45, 2.75) is 13.5 Å². The van der Waals surface area contributed by atoms with Crippen LogP contribution in [0.5, 0.6) is 0 Å². The van der Waals surface area contributed by atoms with Gasteiger partial charge in [0.15, 0.2) is 0 Å². The zero-order chi connectivity index (χ0) is 15.6. The number of methoxy groups -OCH3 is 1. The van der Waals surface area contributed by atoms with E-state index in [1.165, 1.54) is 11.7 Å². The Labute approximate surface area is 131 Å². The van der Waals surface area contributed by atoms with Gasteiger partial charge in [0.2, 0.25) is 0 Å². The topological polar surface area (TPSA) is 57.5 Å². The Morgan fingerprint density at radius 2 is 1.95 bits per heavy atom. The molecule has 0 bridgehead atoms. The number of rotatable bonds is 4. The summed E-state index contributed by atoms with van der Waals surface area (Å²) in [6.07, 6.45) is 0. The Morgan fingerprint density at radius 1 is 1.24 bits per heavy atom. The van der Waals surface area contributed by atoms with Crippen LogP contribution in [0.4, 0.5) is 0 Å². The van der Waals surface area contributed by atoms with Crippen molar-refractivity contribution >= 4 is 46.0 Å². The average Bonchev–Trinajstić information content (AvgIpc) is 2.78. The standard InChI is InChI=1S/C14H13Cl2NO4/c1-3-21-14(19)12-6-9-10(16)4-8(15)5-11(9)17(12)7-13(18)20-2/h4-6H,3,7H2,1-2H3. The largest absolute Gasteiger partial charge is 0.468 e. The van der Waals surface area contributed by atoms with Crippen LogP contribution in [0.3, 0.4) is 0 Å². The molecule has 112 valence electrons. The van der Waals surface area contributed by atoms with E-state index >= 15 is 0 Å². The normalized spacial score (nSPS) is 10.7. The molecule has 5 nitrogen and oxygen atoms in total. The van der Waals surface area contributed by atoms with Gasteiger partial charge in [-0.1, -0.05) is 23.2 Å². The summed E-state index contributed by atoms with van der Waals surface area (Å²) in [6.45, 7) is 1.80. The molecule has 0 saturated carbocycles. The van der Waals surface area contributed by atoms with E-state index in [9.17, 15) is 9.59 Å². The average molecular weight is 330 g/mol. The van der Waals surface area contributed by atoms with Crippen molar-refractivity contribution < 1.29 is 19.1 Å². The second-order valence-electron chi connectivity index (χ2n) is 4.23. The van der Waals surface area contributed by atoms with Gasteiger partial charge in [0.25, 0.3) is 0 Å². The number of ether oxygens (including phenoxy) is 2. The molecule has 0 atom stereocenters. The first-order chi connectivity index (χ1) is 9.97. The summed E-state index contributed by atoms with van der Waals surface area (Å²) >= 11 is 12.1. The molecule has 0 spiro atoms. The lowest BCUT2D eigenvalue weighted by Crippen LogP contribution is -2.17. The van der Waals surface area contributed by atoms with E-state index in [0.29, 0.717) is 20.9 Å². The summed E-state index contributed by atoms with van der Waals surface area (Å²) in [7, 11) is 1.28. The number of esters is 2. The highest BCUT2D eigenvalue weighted by atomic mass is 35.5. The Kier molecular flexibility index (Phi) is 4.75. The molecule has 0 aliphatic heterocycles. The third-order valence-corrected chi connectivity index (χ3v) is 3.47. The van der Waals surface area contributed by atoms with E-state index in [1.807, 2.05) is 0 Å². The van der Waals surface area contributed by atoms with E-state index in [1.54, 1.807) is 25.1 Å². The summed E-state index contributed by atoms with van der Waals surface area (Å²) in [4.78, 5) is 23.6. The minimum absolute atomic E-state index is 0.134. The van der Waals surface area contributed by atoms with Crippen LogP contribution < -0.4 is 0 Å². The van der Waals surface area contributed by atoms with Crippen molar-refractivity contribution in [2.75, 3.05) is 13.7 Å². The van der Waals surface area contributed by atoms with Crippen molar-refractivity contribution in [1.82, 2.24) is 4.57 Å². The maximum absolute atomic E-state index is 12.0. The van der Waals surface area contributed by atoms with E-state index in [-0.39, 0.29) is 18.8 Å². The first kappa shape index (κ1) is 15.7. The van der Waals surface area contributed by atoms with Gasteiger partial charge in [-0.25, -0.2) is 4.79 Å². The minimum atomic E-state index is -0.537.